The van der Waals surface area contributed by atoms with Crippen LogP contribution in [0.1, 0.15) is 65.7 Å². The Labute approximate surface area is 218 Å². The van der Waals surface area contributed by atoms with Gasteiger partial charge in [-0.3, -0.25) is 9.59 Å². The van der Waals surface area contributed by atoms with E-state index < -0.39 is 12.2 Å². The minimum absolute atomic E-state index is 0.0417. The maximum Gasteiger partial charge on any atom is 0.388 e. The number of hydrogen-bond donors (Lipinski definition) is 1. The number of hydrogen-bond acceptors (Lipinski definition) is 8. The average molecular weight is 536 g/mol. The summed E-state index contributed by atoms with van der Waals surface area (Å²) in [5, 5.41) is 6.85. The van der Waals surface area contributed by atoms with Crippen molar-refractivity contribution < 1.29 is 27.8 Å². The molecule has 0 unspecified atom stereocenters. The number of alkyl halides is 2. The van der Waals surface area contributed by atoms with Crippen LogP contribution in [-0.4, -0.2) is 52.5 Å². The molecule has 1 saturated carbocycles. The first kappa shape index (κ1) is 26.9. The van der Waals surface area contributed by atoms with Gasteiger partial charge in [-0.25, -0.2) is 9.67 Å². The van der Waals surface area contributed by atoms with Crippen LogP contribution in [0.25, 0.3) is 0 Å². The number of esters is 1. The van der Waals surface area contributed by atoms with Gasteiger partial charge < -0.3 is 14.8 Å². The number of carbonyl (C=O) groups is 2. The Bertz CT molecular complexity index is 1220. The molecule has 1 fully saturated rings. The zero-order valence-corrected chi connectivity index (χ0v) is 22.2. The number of aromatic nitrogens is 2. The van der Waals surface area contributed by atoms with Crippen LogP contribution in [0.5, 0.6) is 5.88 Å². The van der Waals surface area contributed by atoms with E-state index in [0.29, 0.717) is 35.7 Å². The van der Waals surface area contributed by atoms with Crippen LogP contribution >= 0.6 is 11.3 Å². The highest BCUT2D eigenvalue weighted by Gasteiger charge is 2.31. The van der Waals surface area contributed by atoms with E-state index in [9.17, 15) is 18.4 Å². The molecule has 200 valence electrons. The Morgan fingerprint density at radius 1 is 1.32 bits per heavy atom. The third kappa shape index (κ3) is 7.45. The van der Waals surface area contributed by atoms with Gasteiger partial charge in [-0.15, -0.1) is 16.4 Å². The number of thiophene rings is 1. The Balaban J connectivity index is 1.52. The van der Waals surface area contributed by atoms with Gasteiger partial charge in [0.1, 0.15) is 5.60 Å². The number of nitrogens with zero attached hydrogens (tertiary/aromatic N) is 4. The minimum Gasteiger partial charge on any atom is -0.460 e. The van der Waals surface area contributed by atoms with Crippen molar-refractivity contribution in [2.75, 3.05) is 6.54 Å². The van der Waals surface area contributed by atoms with E-state index in [-0.39, 0.29) is 36.0 Å². The molecule has 0 spiro atoms. The second-order valence-corrected chi connectivity index (χ2v) is 11.5. The smallest absolute Gasteiger partial charge is 0.388 e. The lowest BCUT2D eigenvalue weighted by Crippen LogP contribution is -2.29. The van der Waals surface area contributed by atoms with Crippen molar-refractivity contribution in [2.24, 2.45) is 23.0 Å². The molecule has 0 aliphatic heterocycles. The third-order valence-corrected chi connectivity index (χ3v) is 7.25. The van der Waals surface area contributed by atoms with Crippen molar-refractivity contribution in [2.45, 2.75) is 77.6 Å². The molecule has 2 aromatic rings. The van der Waals surface area contributed by atoms with Gasteiger partial charge in [0.2, 0.25) is 5.88 Å². The van der Waals surface area contributed by atoms with Gasteiger partial charge >= 0.3 is 12.6 Å². The molecule has 9 nitrogen and oxygen atoms in total. The number of halogens is 2. The zero-order chi connectivity index (χ0) is 26.7. The lowest BCUT2D eigenvalue weighted by atomic mass is 9.90. The normalized spacial score (nSPS) is 17.1. The first-order valence-electron chi connectivity index (χ1n) is 12.3. The molecule has 1 N–H and O–H groups in total. The van der Waals surface area contributed by atoms with Crippen LogP contribution in [0, 0.1) is 5.92 Å². The van der Waals surface area contributed by atoms with Crippen molar-refractivity contribution >= 4 is 35.0 Å². The third-order valence-electron chi connectivity index (χ3n) is 5.96. The molecule has 0 aromatic carbocycles. The quantitative estimate of drug-likeness (QED) is 0.377. The number of ether oxygens (including phenoxy) is 2. The highest BCUT2D eigenvalue weighted by Crippen LogP contribution is 2.36. The van der Waals surface area contributed by atoms with E-state index in [4.69, 9.17) is 4.74 Å². The topological polar surface area (TPSA) is 107 Å². The number of nitrogens with one attached hydrogen (secondary N) is 1. The monoisotopic (exact) mass is 535 g/mol. The highest BCUT2D eigenvalue weighted by atomic mass is 32.1. The van der Waals surface area contributed by atoms with Crippen molar-refractivity contribution in [3.05, 3.63) is 26.9 Å². The average Bonchev–Trinajstić information content (AvgIpc) is 3.46. The predicted molar refractivity (Wildman–Crippen MR) is 134 cm³/mol. The standard InChI is InChI=1S/C25H31F2N5O4S/c1-25(2,3)36-21(33)10-18-22(23(34)28-12-14-5-6-14)16-9-15(7-8-17(16)37-18)29-13-30-19-11-20(31-32(19)4)35-24(26)27/h11,14-15,24H,5-10,12H2,1-4H3,(H,28,34)/t15-/m0/s1. The molecule has 0 bridgehead atoms. The molecule has 1 atom stereocenters. The van der Waals surface area contributed by atoms with Gasteiger partial charge in [0.05, 0.1) is 24.0 Å². The van der Waals surface area contributed by atoms with Crippen molar-refractivity contribution in [1.82, 2.24) is 15.1 Å². The van der Waals surface area contributed by atoms with Crippen LogP contribution in [0.4, 0.5) is 14.6 Å². The summed E-state index contributed by atoms with van der Waals surface area (Å²) >= 11 is 1.49. The Morgan fingerprint density at radius 3 is 2.76 bits per heavy atom. The SMILES string of the molecule is Cn1nc(OC(F)F)cc1N=C=N[C@H]1CCc2sc(CC(=O)OC(C)(C)C)c(C(=O)NCC3CC3)c2C1. The van der Waals surface area contributed by atoms with E-state index in [2.05, 4.69) is 31.1 Å². The summed E-state index contributed by atoms with van der Waals surface area (Å²) in [6.07, 6.45) is 4.24. The molecule has 1 amide bonds. The van der Waals surface area contributed by atoms with E-state index in [1.165, 1.54) is 22.1 Å². The van der Waals surface area contributed by atoms with E-state index in [0.717, 1.165) is 29.7 Å². The molecule has 2 aliphatic carbocycles. The molecule has 2 heterocycles. The van der Waals surface area contributed by atoms with Gasteiger partial charge in [0.25, 0.3) is 5.91 Å². The van der Waals surface area contributed by atoms with Gasteiger partial charge in [-0.1, -0.05) is 0 Å². The summed E-state index contributed by atoms with van der Waals surface area (Å²) < 4.78 is 35.9. The first-order valence-corrected chi connectivity index (χ1v) is 13.1. The van der Waals surface area contributed by atoms with Crippen LogP contribution in [0.15, 0.2) is 16.1 Å². The lowest BCUT2D eigenvalue weighted by molar-refractivity contribution is -0.153. The molecular weight excluding hydrogens is 504 g/mol. The maximum atomic E-state index is 13.2. The fourth-order valence-corrected chi connectivity index (χ4v) is 5.46. The molecule has 12 heteroatoms. The Hall–Kier alpha value is -3.11. The minimum atomic E-state index is -2.97. The van der Waals surface area contributed by atoms with Crippen LogP contribution < -0.4 is 10.1 Å². The van der Waals surface area contributed by atoms with Crippen LogP contribution in [-0.2, 0) is 35.8 Å². The van der Waals surface area contributed by atoms with Gasteiger partial charge in [0, 0.05) is 29.4 Å². The highest BCUT2D eigenvalue weighted by molar-refractivity contribution is 7.12. The number of amides is 1. The van der Waals surface area contributed by atoms with Crippen molar-refractivity contribution in [3.63, 3.8) is 0 Å². The molecule has 37 heavy (non-hydrogen) atoms. The molecule has 2 aliphatic rings. The lowest BCUT2D eigenvalue weighted by Gasteiger charge is -2.20. The first-order chi connectivity index (χ1) is 17.5. The summed E-state index contributed by atoms with van der Waals surface area (Å²) in [5.74, 6) is 0.0298. The molecule has 0 saturated heterocycles. The summed E-state index contributed by atoms with van der Waals surface area (Å²) in [4.78, 5) is 36.1. The molecule has 4 rings (SSSR count). The second kappa shape index (κ2) is 11.1. The predicted octanol–water partition coefficient (Wildman–Crippen LogP) is 4.47. The molecule has 0 radical (unpaired) electrons. The number of rotatable bonds is 9. The number of aliphatic imine (C=N–C) groups is 2. The molecule has 2 aromatic heterocycles. The van der Waals surface area contributed by atoms with Crippen LogP contribution in [0.3, 0.4) is 0 Å². The largest absolute Gasteiger partial charge is 0.460 e. The van der Waals surface area contributed by atoms with Crippen molar-refractivity contribution in [3.8, 4) is 5.88 Å². The van der Waals surface area contributed by atoms with Gasteiger partial charge in [0.15, 0.2) is 5.82 Å². The fraction of sp³-hybridized carbons (Fsp3) is 0.600. The van der Waals surface area contributed by atoms with Gasteiger partial charge in [-0.05, 0) is 64.4 Å². The summed E-state index contributed by atoms with van der Waals surface area (Å²) in [6.45, 7) is 3.10. The van der Waals surface area contributed by atoms with Gasteiger partial charge in [-0.2, -0.15) is 13.8 Å². The van der Waals surface area contributed by atoms with E-state index in [1.807, 2.05) is 20.8 Å². The summed E-state index contributed by atoms with van der Waals surface area (Å²) in [5.41, 5.74) is 0.859. The van der Waals surface area contributed by atoms with Crippen LogP contribution in [0.2, 0.25) is 0 Å². The van der Waals surface area contributed by atoms with Crippen molar-refractivity contribution in [1.29, 1.82) is 0 Å². The zero-order valence-electron chi connectivity index (χ0n) is 21.3. The fourth-order valence-electron chi connectivity index (χ4n) is 4.12. The Morgan fingerprint density at radius 2 is 2.08 bits per heavy atom. The summed E-state index contributed by atoms with van der Waals surface area (Å²) in [7, 11) is 1.55. The maximum absolute atomic E-state index is 13.2. The second-order valence-electron chi connectivity index (χ2n) is 10.3. The number of aryl methyl sites for hydroxylation is 2. The number of carbonyl (C=O) groups excluding carboxylic acids is 2. The van der Waals surface area contributed by atoms with E-state index in [1.54, 1.807) is 7.05 Å². The molecular formula is C25H31F2N5O4S. The van der Waals surface area contributed by atoms with E-state index >= 15 is 0 Å². The Kier molecular flexibility index (Phi) is 8.08. The number of fused-ring (bicyclic) bond motifs is 1. The summed E-state index contributed by atoms with van der Waals surface area (Å²) in [6, 6.07) is 3.76.